The standard InChI is InChI=1S/C21H36O/c1-3-15-8-10-19-17-9-7-16-6-4-5-12-20(16,2)18(17)11-13-21(15,19)14-22/h15-19,22H,3-14H2,1-2H3. The number of aliphatic hydroxyl groups excluding tert-OH is 1. The summed E-state index contributed by atoms with van der Waals surface area (Å²) in [7, 11) is 0. The van der Waals surface area contributed by atoms with Gasteiger partial charge in [-0.15, -0.1) is 0 Å². The highest BCUT2D eigenvalue weighted by atomic mass is 16.3. The van der Waals surface area contributed by atoms with Crippen LogP contribution < -0.4 is 0 Å². The third kappa shape index (κ3) is 1.93. The SMILES string of the molecule is CCC1CCC2C3CCC4CCCCC4(C)C3CCC12CO. The molecule has 7 atom stereocenters. The molecule has 1 heteroatoms. The average molecular weight is 305 g/mol. The van der Waals surface area contributed by atoms with Crippen LogP contribution in [0.2, 0.25) is 0 Å². The summed E-state index contributed by atoms with van der Waals surface area (Å²) >= 11 is 0. The third-order valence-corrected chi connectivity index (χ3v) is 9.27. The molecular weight excluding hydrogens is 268 g/mol. The van der Waals surface area contributed by atoms with Crippen molar-refractivity contribution in [3.05, 3.63) is 0 Å². The Kier molecular flexibility index (Phi) is 3.87. The van der Waals surface area contributed by atoms with Gasteiger partial charge in [-0.2, -0.15) is 0 Å². The average Bonchev–Trinajstić information content (AvgIpc) is 2.93. The Morgan fingerprint density at radius 1 is 0.909 bits per heavy atom. The maximum Gasteiger partial charge on any atom is 0.0492 e. The van der Waals surface area contributed by atoms with Crippen LogP contribution in [0.4, 0.5) is 0 Å². The number of hydrogen-bond donors (Lipinski definition) is 1. The molecule has 0 aromatic carbocycles. The zero-order chi connectivity index (χ0) is 15.4. The van der Waals surface area contributed by atoms with E-state index in [9.17, 15) is 5.11 Å². The monoisotopic (exact) mass is 304 g/mol. The summed E-state index contributed by atoms with van der Waals surface area (Å²) in [6.45, 7) is 5.49. The first kappa shape index (κ1) is 15.5. The smallest absolute Gasteiger partial charge is 0.0492 e. The molecular formula is C21H36O. The van der Waals surface area contributed by atoms with Gasteiger partial charge in [-0.05, 0) is 91.8 Å². The normalized spacial score (nSPS) is 54.4. The minimum Gasteiger partial charge on any atom is -0.396 e. The van der Waals surface area contributed by atoms with Crippen LogP contribution in [0.15, 0.2) is 0 Å². The second-order valence-corrected chi connectivity index (χ2v) is 9.52. The lowest BCUT2D eigenvalue weighted by Crippen LogP contribution is -2.54. The van der Waals surface area contributed by atoms with Crippen molar-refractivity contribution in [1.29, 1.82) is 0 Å². The molecule has 1 N–H and O–H groups in total. The molecule has 126 valence electrons. The molecule has 0 aliphatic heterocycles. The number of aliphatic hydroxyl groups is 1. The quantitative estimate of drug-likeness (QED) is 0.722. The summed E-state index contributed by atoms with van der Waals surface area (Å²) in [6, 6.07) is 0. The highest BCUT2D eigenvalue weighted by Crippen LogP contribution is 2.67. The van der Waals surface area contributed by atoms with Crippen LogP contribution in [0.25, 0.3) is 0 Å². The van der Waals surface area contributed by atoms with E-state index < -0.39 is 0 Å². The van der Waals surface area contributed by atoms with Crippen molar-refractivity contribution >= 4 is 0 Å². The van der Waals surface area contributed by atoms with Crippen molar-refractivity contribution in [3.63, 3.8) is 0 Å². The van der Waals surface area contributed by atoms with E-state index in [2.05, 4.69) is 13.8 Å². The lowest BCUT2D eigenvalue weighted by molar-refractivity contribution is -0.128. The van der Waals surface area contributed by atoms with Gasteiger partial charge in [0.15, 0.2) is 0 Å². The summed E-state index contributed by atoms with van der Waals surface area (Å²) in [4.78, 5) is 0. The van der Waals surface area contributed by atoms with E-state index in [4.69, 9.17) is 0 Å². The molecule has 22 heavy (non-hydrogen) atoms. The van der Waals surface area contributed by atoms with Crippen LogP contribution in [0.5, 0.6) is 0 Å². The summed E-state index contributed by atoms with van der Waals surface area (Å²) in [5.41, 5.74) is 0.959. The van der Waals surface area contributed by atoms with E-state index in [1.54, 1.807) is 0 Å². The van der Waals surface area contributed by atoms with Gasteiger partial charge in [0.25, 0.3) is 0 Å². The highest BCUT2D eigenvalue weighted by Gasteiger charge is 2.60. The van der Waals surface area contributed by atoms with Crippen LogP contribution in [0.3, 0.4) is 0 Å². The zero-order valence-corrected chi connectivity index (χ0v) is 14.8. The maximum absolute atomic E-state index is 10.3. The van der Waals surface area contributed by atoms with Crippen molar-refractivity contribution in [2.75, 3.05) is 6.61 Å². The molecule has 4 aliphatic rings. The highest BCUT2D eigenvalue weighted by molar-refractivity contribution is 5.09. The zero-order valence-electron chi connectivity index (χ0n) is 14.8. The molecule has 7 unspecified atom stereocenters. The van der Waals surface area contributed by atoms with E-state index in [0.717, 1.165) is 29.6 Å². The molecule has 0 aromatic rings. The number of rotatable bonds is 2. The molecule has 0 amide bonds. The van der Waals surface area contributed by atoms with E-state index in [-0.39, 0.29) is 0 Å². The van der Waals surface area contributed by atoms with Gasteiger partial charge in [0.05, 0.1) is 0 Å². The Balaban J connectivity index is 1.64. The molecule has 4 saturated carbocycles. The van der Waals surface area contributed by atoms with Crippen molar-refractivity contribution in [2.24, 2.45) is 40.4 Å². The fraction of sp³-hybridized carbons (Fsp3) is 1.00. The fourth-order valence-corrected chi connectivity index (χ4v) is 8.15. The molecule has 0 spiro atoms. The maximum atomic E-state index is 10.3. The Bertz CT molecular complexity index is 416. The van der Waals surface area contributed by atoms with Gasteiger partial charge < -0.3 is 5.11 Å². The molecule has 0 aromatic heterocycles. The predicted octanol–water partition coefficient (Wildman–Crippen LogP) is 5.42. The molecule has 0 heterocycles. The van der Waals surface area contributed by atoms with Crippen LogP contribution in [0, 0.1) is 40.4 Å². The van der Waals surface area contributed by atoms with Crippen molar-refractivity contribution < 1.29 is 5.11 Å². The van der Waals surface area contributed by atoms with Crippen LogP contribution in [0.1, 0.15) is 84.5 Å². The Morgan fingerprint density at radius 2 is 1.77 bits per heavy atom. The van der Waals surface area contributed by atoms with Gasteiger partial charge in [-0.1, -0.05) is 33.1 Å². The predicted molar refractivity (Wildman–Crippen MR) is 91.5 cm³/mol. The van der Waals surface area contributed by atoms with E-state index in [0.29, 0.717) is 17.4 Å². The second-order valence-electron chi connectivity index (χ2n) is 9.52. The second kappa shape index (κ2) is 5.50. The fourth-order valence-electron chi connectivity index (χ4n) is 8.15. The van der Waals surface area contributed by atoms with Gasteiger partial charge in [0.1, 0.15) is 0 Å². The molecule has 4 rings (SSSR count). The van der Waals surface area contributed by atoms with Gasteiger partial charge in [0.2, 0.25) is 0 Å². The minimum atomic E-state index is 0.313. The first-order valence-corrected chi connectivity index (χ1v) is 10.3. The molecule has 0 radical (unpaired) electrons. The van der Waals surface area contributed by atoms with Crippen LogP contribution in [-0.4, -0.2) is 11.7 Å². The van der Waals surface area contributed by atoms with Crippen molar-refractivity contribution in [3.8, 4) is 0 Å². The molecule has 0 bridgehead atoms. The van der Waals surface area contributed by atoms with Gasteiger partial charge >= 0.3 is 0 Å². The Labute approximate surface area is 137 Å². The van der Waals surface area contributed by atoms with E-state index >= 15 is 0 Å². The minimum absolute atomic E-state index is 0.313. The first-order valence-electron chi connectivity index (χ1n) is 10.3. The third-order valence-electron chi connectivity index (χ3n) is 9.27. The lowest BCUT2D eigenvalue weighted by atomic mass is 9.44. The van der Waals surface area contributed by atoms with E-state index in [1.807, 2.05) is 0 Å². The van der Waals surface area contributed by atoms with Crippen LogP contribution in [-0.2, 0) is 0 Å². The number of fused-ring (bicyclic) bond motifs is 5. The first-order chi connectivity index (χ1) is 10.7. The van der Waals surface area contributed by atoms with Gasteiger partial charge in [-0.3, -0.25) is 0 Å². The molecule has 1 nitrogen and oxygen atoms in total. The lowest BCUT2D eigenvalue weighted by Gasteiger charge is -2.61. The number of hydrogen-bond acceptors (Lipinski definition) is 1. The van der Waals surface area contributed by atoms with Gasteiger partial charge in [-0.25, -0.2) is 0 Å². The summed E-state index contributed by atoms with van der Waals surface area (Å²) in [6.07, 6.45) is 15.8. The Hall–Kier alpha value is -0.0400. The summed E-state index contributed by atoms with van der Waals surface area (Å²) < 4.78 is 0. The molecule has 4 aliphatic carbocycles. The molecule has 0 saturated heterocycles. The van der Waals surface area contributed by atoms with Crippen molar-refractivity contribution in [1.82, 2.24) is 0 Å². The topological polar surface area (TPSA) is 20.2 Å². The molecule has 4 fully saturated rings. The largest absolute Gasteiger partial charge is 0.396 e. The summed E-state index contributed by atoms with van der Waals surface area (Å²) in [5.74, 6) is 4.59. The Morgan fingerprint density at radius 3 is 2.55 bits per heavy atom. The van der Waals surface area contributed by atoms with Crippen molar-refractivity contribution in [2.45, 2.75) is 84.5 Å². The van der Waals surface area contributed by atoms with Gasteiger partial charge in [0, 0.05) is 6.61 Å². The van der Waals surface area contributed by atoms with E-state index in [1.165, 1.54) is 70.6 Å². The van der Waals surface area contributed by atoms with Crippen LogP contribution >= 0.6 is 0 Å². The summed E-state index contributed by atoms with van der Waals surface area (Å²) in [5, 5.41) is 10.3.